The lowest BCUT2D eigenvalue weighted by atomic mass is 9.95. The molecule has 0 unspecified atom stereocenters. The number of hydrogen-bond donors (Lipinski definition) is 0. The van der Waals surface area contributed by atoms with Crippen LogP contribution in [0, 0.1) is 26.7 Å². The van der Waals surface area contributed by atoms with Crippen LogP contribution in [-0.2, 0) is 21.4 Å². The van der Waals surface area contributed by atoms with Gasteiger partial charge in [0.2, 0.25) is 15.9 Å². The molecule has 0 radical (unpaired) electrons. The van der Waals surface area contributed by atoms with Crippen LogP contribution in [0.4, 0.5) is 0 Å². The van der Waals surface area contributed by atoms with Crippen molar-refractivity contribution in [1.82, 2.24) is 19.1 Å². The second-order valence-electron chi connectivity index (χ2n) is 8.88. The van der Waals surface area contributed by atoms with Crippen LogP contribution in [0.3, 0.4) is 0 Å². The van der Waals surface area contributed by atoms with Crippen molar-refractivity contribution in [3.63, 3.8) is 0 Å². The Bertz CT molecular complexity index is 1070. The summed E-state index contributed by atoms with van der Waals surface area (Å²) in [5.41, 5.74) is 3.15. The van der Waals surface area contributed by atoms with Crippen LogP contribution in [0.25, 0.3) is 0 Å². The van der Waals surface area contributed by atoms with Gasteiger partial charge in [-0.3, -0.25) is 9.69 Å². The Kier molecular flexibility index (Phi) is 7.00. The van der Waals surface area contributed by atoms with Gasteiger partial charge in [-0.25, -0.2) is 13.4 Å². The molecule has 0 saturated carbocycles. The van der Waals surface area contributed by atoms with E-state index < -0.39 is 10.0 Å². The minimum atomic E-state index is -3.53. The van der Waals surface area contributed by atoms with Crippen LogP contribution in [0.5, 0.6) is 0 Å². The molecule has 1 aromatic heterocycles. The minimum absolute atomic E-state index is 0.0336. The number of piperidine rings is 1. The van der Waals surface area contributed by atoms with Crippen LogP contribution >= 0.6 is 11.3 Å². The van der Waals surface area contributed by atoms with Crippen LogP contribution in [0.15, 0.2) is 28.5 Å². The molecule has 4 rings (SSSR count). The zero-order chi connectivity index (χ0) is 22.9. The number of likely N-dealkylation sites (tertiary alicyclic amines) is 1. The molecule has 0 atom stereocenters. The van der Waals surface area contributed by atoms with Gasteiger partial charge >= 0.3 is 0 Å². The Morgan fingerprint density at radius 2 is 1.72 bits per heavy atom. The quantitative estimate of drug-likeness (QED) is 0.664. The van der Waals surface area contributed by atoms with Crippen molar-refractivity contribution in [3.8, 4) is 0 Å². The van der Waals surface area contributed by atoms with Gasteiger partial charge in [0.1, 0.15) is 0 Å². The van der Waals surface area contributed by atoms with Crippen molar-refractivity contribution < 1.29 is 13.2 Å². The zero-order valence-corrected chi connectivity index (χ0v) is 20.7. The van der Waals surface area contributed by atoms with E-state index in [9.17, 15) is 13.2 Å². The minimum Gasteiger partial charge on any atom is -0.340 e. The van der Waals surface area contributed by atoms with Crippen molar-refractivity contribution in [2.75, 3.05) is 39.3 Å². The Balaban J connectivity index is 1.28. The third-order valence-electron chi connectivity index (χ3n) is 6.66. The monoisotopic (exact) mass is 476 g/mol. The van der Waals surface area contributed by atoms with Gasteiger partial charge in [-0.05, 0) is 70.0 Å². The SMILES string of the molecule is Cc1nc(CN2CCC(C(=O)N3CCN(S(=O)(=O)c4ccc(C)c(C)c4)CC3)CC2)cs1. The molecule has 2 aliphatic rings. The Hall–Kier alpha value is -1.81. The summed E-state index contributed by atoms with van der Waals surface area (Å²) in [6.45, 7) is 10.2. The molecule has 2 fully saturated rings. The summed E-state index contributed by atoms with van der Waals surface area (Å²) in [7, 11) is -3.53. The van der Waals surface area contributed by atoms with Gasteiger partial charge in [-0.1, -0.05) is 6.07 Å². The normalized spacial score (nSPS) is 19.4. The molecule has 2 aromatic rings. The predicted molar refractivity (Wildman–Crippen MR) is 126 cm³/mol. The van der Waals surface area contributed by atoms with Gasteiger partial charge in [0.15, 0.2) is 0 Å². The molecule has 2 aliphatic heterocycles. The molecule has 32 heavy (non-hydrogen) atoms. The maximum absolute atomic E-state index is 13.1. The molecule has 0 N–H and O–H groups in total. The number of carbonyl (C=O) groups excluding carboxylic acids is 1. The molecule has 7 nitrogen and oxygen atoms in total. The maximum Gasteiger partial charge on any atom is 0.243 e. The second kappa shape index (κ2) is 9.59. The molecule has 0 bridgehead atoms. The van der Waals surface area contributed by atoms with Gasteiger partial charge in [0.05, 0.1) is 15.6 Å². The van der Waals surface area contributed by atoms with Gasteiger partial charge < -0.3 is 4.90 Å². The van der Waals surface area contributed by atoms with E-state index in [4.69, 9.17) is 0 Å². The highest BCUT2D eigenvalue weighted by atomic mass is 32.2. The van der Waals surface area contributed by atoms with E-state index >= 15 is 0 Å². The van der Waals surface area contributed by atoms with Crippen LogP contribution < -0.4 is 0 Å². The van der Waals surface area contributed by atoms with Crippen molar-refractivity contribution in [1.29, 1.82) is 0 Å². The number of aromatic nitrogens is 1. The third-order valence-corrected chi connectivity index (χ3v) is 9.37. The first-order chi connectivity index (χ1) is 15.2. The van der Waals surface area contributed by atoms with Crippen molar-refractivity contribution >= 4 is 27.3 Å². The molecule has 9 heteroatoms. The number of piperazine rings is 1. The second-order valence-corrected chi connectivity index (χ2v) is 11.9. The Labute approximate surface area is 195 Å². The lowest BCUT2D eigenvalue weighted by Gasteiger charge is -2.38. The predicted octanol–water partition coefficient (Wildman–Crippen LogP) is 2.81. The molecule has 1 aromatic carbocycles. The fourth-order valence-corrected chi connectivity index (χ4v) is 6.59. The van der Waals surface area contributed by atoms with E-state index in [1.54, 1.807) is 23.5 Å². The Morgan fingerprint density at radius 1 is 1.03 bits per heavy atom. The molecule has 3 heterocycles. The van der Waals surface area contributed by atoms with E-state index in [0.29, 0.717) is 31.1 Å². The van der Waals surface area contributed by atoms with Crippen LogP contribution in [0.1, 0.15) is 34.7 Å². The fraction of sp³-hybridized carbons (Fsp3) is 0.565. The van der Waals surface area contributed by atoms with E-state index in [0.717, 1.165) is 54.3 Å². The number of aryl methyl sites for hydroxylation is 3. The number of hydrogen-bond acceptors (Lipinski definition) is 6. The van der Waals surface area contributed by atoms with Crippen molar-refractivity contribution in [2.24, 2.45) is 5.92 Å². The van der Waals surface area contributed by atoms with E-state index in [2.05, 4.69) is 15.3 Å². The van der Waals surface area contributed by atoms with E-state index in [1.165, 1.54) is 4.31 Å². The average Bonchev–Trinajstić information content (AvgIpc) is 3.20. The summed E-state index contributed by atoms with van der Waals surface area (Å²) in [6, 6.07) is 5.27. The molecule has 2 saturated heterocycles. The first-order valence-electron chi connectivity index (χ1n) is 11.2. The Morgan fingerprint density at radius 3 is 2.31 bits per heavy atom. The van der Waals surface area contributed by atoms with Gasteiger partial charge in [0, 0.05) is 44.0 Å². The summed E-state index contributed by atoms with van der Waals surface area (Å²) in [6.07, 6.45) is 1.70. The van der Waals surface area contributed by atoms with Crippen LogP contribution in [-0.4, -0.2) is 72.7 Å². The number of sulfonamides is 1. The number of carbonyl (C=O) groups is 1. The molecular formula is C23H32N4O3S2. The summed E-state index contributed by atoms with van der Waals surface area (Å²) in [5, 5.41) is 3.20. The number of thiazole rings is 1. The first kappa shape index (κ1) is 23.4. The maximum atomic E-state index is 13.1. The molecule has 1 amide bonds. The summed E-state index contributed by atoms with van der Waals surface area (Å²) < 4.78 is 27.6. The average molecular weight is 477 g/mol. The summed E-state index contributed by atoms with van der Waals surface area (Å²) >= 11 is 1.67. The van der Waals surface area contributed by atoms with Gasteiger partial charge in [-0.2, -0.15) is 4.31 Å². The molecule has 0 aliphatic carbocycles. The number of amides is 1. The highest BCUT2D eigenvalue weighted by Gasteiger charge is 2.34. The largest absolute Gasteiger partial charge is 0.340 e. The standard InChI is InChI=1S/C23H32N4O3S2/c1-17-4-5-22(14-18(17)2)32(29,30)27-12-10-26(11-13-27)23(28)20-6-8-25(9-7-20)15-21-16-31-19(3)24-21/h4-5,14,16,20H,6-13,15H2,1-3H3. The highest BCUT2D eigenvalue weighted by Crippen LogP contribution is 2.24. The van der Waals surface area contributed by atoms with Gasteiger partial charge in [0.25, 0.3) is 0 Å². The van der Waals surface area contributed by atoms with Crippen LogP contribution in [0.2, 0.25) is 0 Å². The van der Waals surface area contributed by atoms with Crippen molar-refractivity contribution in [2.45, 2.75) is 45.1 Å². The topological polar surface area (TPSA) is 73.8 Å². The molecular weight excluding hydrogens is 444 g/mol. The van der Waals surface area contributed by atoms with E-state index in [-0.39, 0.29) is 11.8 Å². The zero-order valence-electron chi connectivity index (χ0n) is 19.1. The lowest BCUT2D eigenvalue weighted by Crippen LogP contribution is -2.52. The molecule has 0 spiro atoms. The number of nitrogens with zero attached hydrogens (tertiary/aromatic N) is 4. The smallest absolute Gasteiger partial charge is 0.243 e. The summed E-state index contributed by atoms with van der Waals surface area (Å²) in [4.78, 5) is 22.2. The number of benzene rings is 1. The first-order valence-corrected chi connectivity index (χ1v) is 13.6. The summed E-state index contributed by atoms with van der Waals surface area (Å²) in [5.74, 6) is 0.212. The number of rotatable bonds is 5. The highest BCUT2D eigenvalue weighted by molar-refractivity contribution is 7.89. The van der Waals surface area contributed by atoms with Crippen molar-refractivity contribution in [3.05, 3.63) is 45.4 Å². The van der Waals surface area contributed by atoms with E-state index in [1.807, 2.05) is 31.7 Å². The molecule has 174 valence electrons. The van der Waals surface area contributed by atoms with Gasteiger partial charge in [-0.15, -0.1) is 11.3 Å². The lowest BCUT2D eigenvalue weighted by molar-refractivity contribution is -0.138. The fourth-order valence-electron chi connectivity index (χ4n) is 4.48. The third kappa shape index (κ3) is 5.06.